The van der Waals surface area contributed by atoms with Gasteiger partial charge in [0.1, 0.15) is 0 Å². The van der Waals surface area contributed by atoms with Crippen LogP contribution in [-0.2, 0) is 0 Å². The maximum absolute atomic E-state index is 6.44. The van der Waals surface area contributed by atoms with E-state index in [9.17, 15) is 0 Å². The van der Waals surface area contributed by atoms with Crippen LogP contribution in [0.2, 0.25) is 4.34 Å². The van der Waals surface area contributed by atoms with Gasteiger partial charge in [-0.25, -0.2) is 0 Å². The van der Waals surface area contributed by atoms with Gasteiger partial charge in [0.15, 0.2) is 0 Å². The second-order valence-electron chi connectivity index (χ2n) is 5.30. The van der Waals surface area contributed by atoms with Crippen LogP contribution in [0.4, 0.5) is 0 Å². The number of halogens is 1. The van der Waals surface area contributed by atoms with E-state index in [1.54, 1.807) is 11.3 Å². The molecule has 0 spiro atoms. The predicted octanol–water partition coefficient (Wildman–Crippen LogP) is 4.68. The SMILES string of the molecule is Cc1cc(C(N)C2(C)CCCCC2)sc1Cl. The predicted molar refractivity (Wildman–Crippen MR) is 72.2 cm³/mol. The Balaban J connectivity index is 2.20. The van der Waals surface area contributed by atoms with Crippen molar-refractivity contribution in [1.82, 2.24) is 0 Å². The molecule has 1 aromatic rings. The molecule has 0 bridgehead atoms. The minimum Gasteiger partial charge on any atom is -0.323 e. The molecule has 0 amide bonds. The lowest BCUT2D eigenvalue weighted by atomic mass is 9.70. The molecular weight excluding hydrogens is 238 g/mol. The van der Waals surface area contributed by atoms with Crippen LogP contribution in [-0.4, -0.2) is 0 Å². The highest BCUT2D eigenvalue weighted by molar-refractivity contribution is 7.16. The van der Waals surface area contributed by atoms with Crippen molar-refractivity contribution < 1.29 is 0 Å². The van der Waals surface area contributed by atoms with Gasteiger partial charge in [-0.15, -0.1) is 11.3 Å². The molecule has 2 N–H and O–H groups in total. The molecule has 0 aromatic carbocycles. The van der Waals surface area contributed by atoms with Crippen LogP contribution in [0.25, 0.3) is 0 Å². The van der Waals surface area contributed by atoms with Gasteiger partial charge < -0.3 is 5.73 Å². The molecule has 2 rings (SSSR count). The molecule has 1 nitrogen and oxygen atoms in total. The Hall–Kier alpha value is -0.0500. The minimum atomic E-state index is 0.156. The third kappa shape index (κ3) is 2.29. The summed E-state index contributed by atoms with van der Waals surface area (Å²) in [5.41, 5.74) is 7.88. The highest BCUT2D eigenvalue weighted by Gasteiger charge is 2.34. The molecule has 1 aliphatic carbocycles. The van der Waals surface area contributed by atoms with Crippen LogP contribution in [0.1, 0.15) is 55.5 Å². The van der Waals surface area contributed by atoms with Crippen LogP contribution in [0.15, 0.2) is 6.07 Å². The molecule has 0 radical (unpaired) electrons. The standard InChI is InChI=1S/C13H20ClNS/c1-9-8-10(16-12(9)14)11(15)13(2)6-4-3-5-7-13/h8,11H,3-7,15H2,1-2H3. The van der Waals surface area contributed by atoms with Gasteiger partial charge in [-0.1, -0.05) is 37.8 Å². The van der Waals surface area contributed by atoms with Gasteiger partial charge in [0.05, 0.1) is 4.34 Å². The summed E-state index contributed by atoms with van der Waals surface area (Å²) in [4.78, 5) is 1.26. The summed E-state index contributed by atoms with van der Waals surface area (Å²) in [5.74, 6) is 0. The summed E-state index contributed by atoms with van der Waals surface area (Å²) in [7, 11) is 0. The molecule has 3 heteroatoms. The molecule has 1 atom stereocenters. The summed E-state index contributed by atoms with van der Waals surface area (Å²) in [6.45, 7) is 4.39. The van der Waals surface area contributed by atoms with E-state index in [2.05, 4.69) is 19.9 Å². The number of aryl methyl sites for hydroxylation is 1. The number of nitrogens with two attached hydrogens (primary N) is 1. The second-order valence-corrected chi connectivity index (χ2v) is 6.98. The van der Waals surface area contributed by atoms with Crippen LogP contribution in [0.3, 0.4) is 0 Å². The zero-order valence-corrected chi connectivity index (χ0v) is 11.6. The van der Waals surface area contributed by atoms with E-state index in [1.807, 2.05) is 0 Å². The Morgan fingerprint density at radius 1 is 1.38 bits per heavy atom. The summed E-state index contributed by atoms with van der Waals surface area (Å²) in [6.07, 6.45) is 6.52. The second kappa shape index (κ2) is 4.67. The summed E-state index contributed by atoms with van der Waals surface area (Å²) < 4.78 is 0.893. The third-order valence-electron chi connectivity index (χ3n) is 3.93. The number of hydrogen-bond acceptors (Lipinski definition) is 2. The van der Waals surface area contributed by atoms with E-state index in [4.69, 9.17) is 17.3 Å². The highest BCUT2D eigenvalue weighted by Crippen LogP contribution is 2.46. The lowest BCUT2D eigenvalue weighted by molar-refractivity contribution is 0.172. The van der Waals surface area contributed by atoms with E-state index in [0.29, 0.717) is 0 Å². The molecule has 1 aliphatic rings. The number of thiophene rings is 1. The maximum Gasteiger partial charge on any atom is 0.0960 e. The van der Waals surface area contributed by atoms with Crippen LogP contribution in [0.5, 0.6) is 0 Å². The van der Waals surface area contributed by atoms with Gasteiger partial charge in [0.25, 0.3) is 0 Å². The first-order valence-corrected chi connectivity index (χ1v) is 7.24. The van der Waals surface area contributed by atoms with Crippen molar-refractivity contribution in [2.45, 2.75) is 52.0 Å². The highest BCUT2D eigenvalue weighted by atomic mass is 35.5. The molecule has 90 valence electrons. The van der Waals surface area contributed by atoms with Crippen molar-refractivity contribution in [3.05, 3.63) is 20.8 Å². The van der Waals surface area contributed by atoms with Crippen molar-refractivity contribution in [2.24, 2.45) is 11.1 Å². The first kappa shape index (κ1) is 12.4. The van der Waals surface area contributed by atoms with Crippen LogP contribution in [0, 0.1) is 12.3 Å². The molecule has 0 aliphatic heterocycles. The summed E-state index contributed by atoms with van der Waals surface area (Å²) >= 11 is 7.78. The van der Waals surface area contributed by atoms with Crippen molar-refractivity contribution in [3.8, 4) is 0 Å². The Morgan fingerprint density at radius 2 is 2.00 bits per heavy atom. The Labute approximate surface area is 107 Å². The quantitative estimate of drug-likeness (QED) is 0.818. The fourth-order valence-corrected chi connectivity index (χ4v) is 4.05. The molecule has 16 heavy (non-hydrogen) atoms. The van der Waals surface area contributed by atoms with Gasteiger partial charge >= 0.3 is 0 Å². The third-order valence-corrected chi connectivity index (χ3v) is 5.57. The molecule has 1 aromatic heterocycles. The Kier molecular flexibility index (Phi) is 3.62. The maximum atomic E-state index is 6.44. The van der Waals surface area contributed by atoms with Crippen molar-refractivity contribution >= 4 is 22.9 Å². The molecule has 0 saturated heterocycles. The smallest absolute Gasteiger partial charge is 0.0960 e. The van der Waals surface area contributed by atoms with Gasteiger partial charge in [-0.3, -0.25) is 0 Å². The molecule has 1 fully saturated rings. The zero-order valence-electron chi connectivity index (χ0n) is 10.1. The van der Waals surface area contributed by atoms with Gasteiger partial charge in [0.2, 0.25) is 0 Å². The first-order chi connectivity index (χ1) is 7.53. The van der Waals surface area contributed by atoms with E-state index in [1.165, 1.54) is 37.0 Å². The zero-order chi connectivity index (χ0) is 11.8. The lowest BCUT2D eigenvalue weighted by Crippen LogP contribution is -2.33. The van der Waals surface area contributed by atoms with E-state index in [0.717, 1.165) is 9.90 Å². The van der Waals surface area contributed by atoms with Crippen LogP contribution < -0.4 is 5.73 Å². The first-order valence-electron chi connectivity index (χ1n) is 6.04. The lowest BCUT2D eigenvalue weighted by Gasteiger charge is -2.38. The van der Waals surface area contributed by atoms with E-state index in [-0.39, 0.29) is 11.5 Å². The average Bonchev–Trinajstić information content (AvgIpc) is 2.59. The molecular formula is C13H20ClNS. The number of hydrogen-bond donors (Lipinski definition) is 1. The van der Waals surface area contributed by atoms with Crippen molar-refractivity contribution in [3.63, 3.8) is 0 Å². The Bertz CT molecular complexity index is 347. The van der Waals surface area contributed by atoms with Crippen molar-refractivity contribution in [2.75, 3.05) is 0 Å². The Morgan fingerprint density at radius 3 is 2.50 bits per heavy atom. The van der Waals surface area contributed by atoms with Crippen LogP contribution >= 0.6 is 22.9 Å². The number of rotatable bonds is 2. The fourth-order valence-electron chi connectivity index (χ4n) is 2.65. The van der Waals surface area contributed by atoms with E-state index >= 15 is 0 Å². The minimum absolute atomic E-state index is 0.156. The van der Waals surface area contributed by atoms with Crippen molar-refractivity contribution in [1.29, 1.82) is 0 Å². The molecule has 1 saturated carbocycles. The van der Waals surface area contributed by atoms with Gasteiger partial charge in [-0.2, -0.15) is 0 Å². The largest absolute Gasteiger partial charge is 0.323 e. The van der Waals surface area contributed by atoms with Gasteiger partial charge in [-0.05, 0) is 36.8 Å². The summed E-state index contributed by atoms with van der Waals surface area (Å²) in [5, 5.41) is 0. The normalized spacial score (nSPS) is 22.0. The van der Waals surface area contributed by atoms with E-state index < -0.39 is 0 Å². The van der Waals surface area contributed by atoms with Gasteiger partial charge in [0, 0.05) is 10.9 Å². The molecule has 1 unspecified atom stereocenters. The molecule has 1 heterocycles. The topological polar surface area (TPSA) is 26.0 Å². The summed E-state index contributed by atoms with van der Waals surface area (Å²) in [6, 6.07) is 2.32. The fraction of sp³-hybridized carbons (Fsp3) is 0.692. The average molecular weight is 258 g/mol. The monoisotopic (exact) mass is 257 g/mol.